The summed E-state index contributed by atoms with van der Waals surface area (Å²) in [5.74, 6) is 0. The molecule has 0 aliphatic carbocycles. The van der Waals surface area contributed by atoms with Gasteiger partial charge in [-0.2, -0.15) is 0 Å². The number of halogens is 1. The van der Waals surface area contributed by atoms with Gasteiger partial charge in [-0.05, 0) is 47.9 Å². The second-order valence-electron chi connectivity index (χ2n) is 6.24. The van der Waals surface area contributed by atoms with Crippen LogP contribution in [0.5, 0.6) is 0 Å². The third kappa shape index (κ3) is 4.45. The van der Waals surface area contributed by atoms with E-state index in [9.17, 15) is 0 Å². The van der Waals surface area contributed by atoms with Gasteiger partial charge >= 0.3 is 0 Å². The fourth-order valence-electron chi connectivity index (χ4n) is 2.79. The van der Waals surface area contributed by atoms with Crippen LogP contribution in [0.2, 0.25) is 29.2 Å². The zero-order chi connectivity index (χ0) is 14.6. The van der Waals surface area contributed by atoms with E-state index in [4.69, 9.17) is 15.7 Å². The second kappa shape index (κ2) is 7.07. The van der Waals surface area contributed by atoms with E-state index in [0.717, 1.165) is 11.1 Å². The Balaban J connectivity index is 3.09. The van der Waals surface area contributed by atoms with Crippen molar-refractivity contribution < 1.29 is 4.12 Å². The Labute approximate surface area is 126 Å². The first-order valence-electron chi connectivity index (χ1n) is 7.20. The molecule has 0 fully saturated rings. The molecule has 0 amide bonds. The van der Waals surface area contributed by atoms with Crippen molar-refractivity contribution in [2.75, 3.05) is 0 Å². The molecule has 0 heterocycles. The lowest BCUT2D eigenvalue weighted by molar-refractivity contribution is 0.511. The molecule has 1 nitrogen and oxygen atoms in total. The summed E-state index contributed by atoms with van der Waals surface area (Å²) in [6.45, 7) is 13.9. The maximum Gasteiger partial charge on any atom is 0.189 e. The van der Waals surface area contributed by atoms with Crippen LogP contribution in [0.1, 0.15) is 33.3 Å². The van der Waals surface area contributed by atoms with Crippen molar-refractivity contribution in [2.45, 2.75) is 57.9 Å². The van der Waals surface area contributed by atoms with Gasteiger partial charge in [0.25, 0.3) is 0 Å². The minimum atomic E-state index is -1.77. The molecule has 0 aromatic heterocycles. The highest BCUT2D eigenvalue weighted by molar-refractivity contribution is 6.81. The Kier molecular flexibility index (Phi) is 6.31. The summed E-state index contributed by atoms with van der Waals surface area (Å²) in [6.07, 6.45) is 0. The highest BCUT2D eigenvalue weighted by Crippen LogP contribution is 2.37. The van der Waals surface area contributed by atoms with Crippen LogP contribution in [-0.4, -0.2) is 17.4 Å². The molecule has 0 unspecified atom stereocenters. The molecule has 1 rings (SSSR count). The Morgan fingerprint density at radius 2 is 1.74 bits per heavy atom. The SMILES string of the molecule is CC(C)[Si](Cc1cccc(Cl)c1)(O[SiH](C)C)C(C)C. The molecule has 0 aliphatic heterocycles. The van der Waals surface area contributed by atoms with Crippen molar-refractivity contribution in [3.63, 3.8) is 0 Å². The van der Waals surface area contributed by atoms with Gasteiger partial charge in [-0.3, -0.25) is 0 Å². The fourth-order valence-corrected chi connectivity index (χ4v) is 12.0. The van der Waals surface area contributed by atoms with Crippen molar-refractivity contribution in [1.82, 2.24) is 0 Å². The lowest BCUT2D eigenvalue weighted by atomic mass is 10.2. The Bertz CT molecular complexity index is 397. The zero-order valence-electron chi connectivity index (χ0n) is 13.0. The lowest BCUT2D eigenvalue weighted by Crippen LogP contribution is -2.50. The summed E-state index contributed by atoms with van der Waals surface area (Å²) in [4.78, 5) is 0. The van der Waals surface area contributed by atoms with Crippen molar-refractivity contribution in [3.05, 3.63) is 34.9 Å². The fraction of sp³-hybridized carbons (Fsp3) is 0.600. The van der Waals surface area contributed by atoms with E-state index in [-0.39, 0.29) is 0 Å². The van der Waals surface area contributed by atoms with E-state index < -0.39 is 17.4 Å². The number of benzene rings is 1. The molecule has 1 aromatic rings. The highest BCUT2D eigenvalue weighted by atomic mass is 35.5. The van der Waals surface area contributed by atoms with Gasteiger partial charge in [0.05, 0.1) is 0 Å². The van der Waals surface area contributed by atoms with Crippen LogP contribution >= 0.6 is 11.6 Å². The average molecular weight is 315 g/mol. The maximum absolute atomic E-state index is 6.64. The molecule has 0 saturated carbocycles. The third-order valence-corrected chi connectivity index (χ3v) is 12.5. The van der Waals surface area contributed by atoms with Gasteiger partial charge in [0.2, 0.25) is 0 Å². The second-order valence-corrected chi connectivity index (χ2v) is 14.3. The Morgan fingerprint density at radius 3 is 2.16 bits per heavy atom. The quantitative estimate of drug-likeness (QED) is 0.657. The molecule has 0 N–H and O–H groups in total. The van der Waals surface area contributed by atoms with Gasteiger partial charge in [-0.25, -0.2) is 0 Å². The van der Waals surface area contributed by atoms with Crippen LogP contribution in [0.15, 0.2) is 24.3 Å². The molecule has 0 atom stereocenters. The maximum atomic E-state index is 6.64. The lowest BCUT2D eigenvalue weighted by Gasteiger charge is -2.41. The monoisotopic (exact) mass is 314 g/mol. The molecule has 0 saturated heterocycles. The van der Waals surface area contributed by atoms with Crippen LogP contribution in [0.25, 0.3) is 0 Å². The van der Waals surface area contributed by atoms with Crippen LogP contribution in [0.4, 0.5) is 0 Å². The van der Waals surface area contributed by atoms with E-state index in [1.165, 1.54) is 5.56 Å². The standard InChI is InChI=1S/C15H27ClOSi2/c1-12(2)19(13(3)4,17-18(5)6)11-14-8-7-9-15(16)10-14/h7-10,12-13,18H,11H2,1-6H3. The van der Waals surface area contributed by atoms with Gasteiger partial charge < -0.3 is 4.12 Å². The smallest absolute Gasteiger partial charge is 0.189 e. The normalized spacial score (nSPS) is 12.7. The molecular formula is C15H27ClOSi2. The molecule has 0 aliphatic rings. The van der Waals surface area contributed by atoms with E-state index in [1.54, 1.807) is 0 Å². The van der Waals surface area contributed by atoms with E-state index >= 15 is 0 Å². The van der Waals surface area contributed by atoms with Crippen LogP contribution in [-0.2, 0) is 10.2 Å². The summed E-state index contributed by atoms with van der Waals surface area (Å²) in [7, 11) is -2.81. The first-order chi connectivity index (χ1) is 8.78. The largest absolute Gasteiger partial charge is 0.457 e. The zero-order valence-corrected chi connectivity index (χ0v) is 15.9. The van der Waals surface area contributed by atoms with Crippen molar-refractivity contribution >= 4 is 29.0 Å². The van der Waals surface area contributed by atoms with Gasteiger partial charge in [0.1, 0.15) is 0 Å². The summed E-state index contributed by atoms with van der Waals surface area (Å²) >= 11 is 6.12. The first kappa shape index (κ1) is 17.0. The third-order valence-electron chi connectivity index (χ3n) is 3.78. The van der Waals surface area contributed by atoms with Gasteiger partial charge in [0, 0.05) is 5.02 Å². The summed E-state index contributed by atoms with van der Waals surface area (Å²) in [6, 6.07) is 9.35. The van der Waals surface area contributed by atoms with Crippen molar-refractivity contribution in [1.29, 1.82) is 0 Å². The molecule has 19 heavy (non-hydrogen) atoms. The van der Waals surface area contributed by atoms with Crippen LogP contribution in [0.3, 0.4) is 0 Å². The van der Waals surface area contributed by atoms with Gasteiger partial charge in [-0.15, -0.1) is 0 Å². The van der Waals surface area contributed by atoms with Crippen molar-refractivity contribution in [2.24, 2.45) is 0 Å². The van der Waals surface area contributed by atoms with Crippen LogP contribution in [0, 0.1) is 0 Å². The molecule has 0 spiro atoms. The van der Waals surface area contributed by atoms with Crippen LogP contribution < -0.4 is 0 Å². The average Bonchev–Trinajstić information content (AvgIpc) is 2.26. The minimum absolute atomic E-state index is 0.626. The Morgan fingerprint density at radius 1 is 1.16 bits per heavy atom. The topological polar surface area (TPSA) is 9.23 Å². The van der Waals surface area contributed by atoms with Gasteiger partial charge in [0.15, 0.2) is 17.4 Å². The highest BCUT2D eigenvalue weighted by Gasteiger charge is 2.42. The Hall–Kier alpha value is -0.0962. The van der Waals surface area contributed by atoms with E-state index in [1.807, 2.05) is 12.1 Å². The van der Waals surface area contributed by atoms with Crippen molar-refractivity contribution in [3.8, 4) is 0 Å². The predicted octanol–water partition coefficient (Wildman–Crippen LogP) is 5.19. The molecular weight excluding hydrogens is 288 g/mol. The minimum Gasteiger partial charge on any atom is -0.457 e. The number of hydrogen-bond donors (Lipinski definition) is 0. The number of rotatable bonds is 6. The molecule has 1 aromatic carbocycles. The number of hydrogen-bond acceptors (Lipinski definition) is 1. The van der Waals surface area contributed by atoms with E-state index in [2.05, 4.69) is 52.9 Å². The predicted molar refractivity (Wildman–Crippen MR) is 91.1 cm³/mol. The molecule has 108 valence electrons. The van der Waals surface area contributed by atoms with Gasteiger partial charge in [-0.1, -0.05) is 51.4 Å². The molecule has 0 radical (unpaired) electrons. The first-order valence-corrected chi connectivity index (χ1v) is 12.6. The molecule has 4 heteroatoms. The van der Waals surface area contributed by atoms with E-state index in [0.29, 0.717) is 11.1 Å². The summed E-state index contributed by atoms with van der Waals surface area (Å²) in [5, 5.41) is 0.828. The summed E-state index contributed by atoms with van der Waals surface area (Å²) < 4.78 is 6.64. The summed E-state index contributed by atoms with van der Waals surface area (Å²) in [5.41, 5.74) is 2.58. The molecule has 0 bridgehead atoms.